The smallest absolute Gasteiger partial charge is 0.302 e. The molecule has 4 fully saturated rings. The molecular weight excluding hydrogens is 296 g/mol. The van der Waals surface area contributed by atoms with Gasteiger partial charge in [-0.15, -0.1) is 0 Å². The maximum atomic E-state index is 11.8. The maximum Gasteiger partial charge on any atom is 0.302 e. The number of carbonyl (C=O) groups is 1. The molecule has 6 atom stereocenters. The molecular formula is C22H34O2. The largest absolute Gasteiger partial charge is 0.462 e. The fourth-order valence-electron chi connectivity index (χ4n) is 8.09. The molecule has 0 aromatic rings. The zero-order valence-electron chi connectivity index (χ0n) is 16.0. The van der Waals surface area contributed by atoms with Crippen molar-refractivity contribution in [1.29, 1.82) is 0 Å². The fraction of sp³-hybridized carbons (Fsp3) is 0.864. The molecule has 0 unspecified atom stereocenters. The Labute approximate surface area is 147 Å². The third kappa shape index (κ3) is 2.17. The first-order chi connectivity index (χ1) is 11.2. The van der Waals surface area contributed by atoms with Gasteiger partial charge in [0.1, 0.15) is 6.10 Å². The molecule has 0 amide bonds. The Hall–Kier alpha value is -0.790. The number of esters is 1. The number of rotatable bonds is 1. The predicted octanol–water partition coefficient (Wildman–Crippen LogP) is 5.52. The van der Waals surface area contributed by atoms with Crippen LogP contribution in [0.25, 0.3) is 0 Å². The second-order valence-electron chi connectivity index (χ2n) is 10.4. The molecule has 2 heteroatoms. The highest BCUT2D eigenvalue weighted by molar-refractivity contribution is 5.66. The first kappa shape index (κ1) is 16.7. The highest BCUT2D eigenvalue weighted by atomic mass is 16.5. The molecule has 0 aliphatic heterocycles. The third-order valence-corrected chi connectivity index (χ3v) is 8.59. The monoisotopic (exact) mass is 330 g/mol. The molecule has 0 aromatic heterocycles. The molecule has 0 heterocycles. The molecule has 2 bridgehead atoms. The van der Waals surface area contributed by atoms with Gasteiger partial charge < -0.3 is 4.74 Å². The molecule has 134 valence electrons. The summed E-state index contributed by atoms with van der Waals surface area (Å²) in [7, 11) is 0. The van der Waals surface area contributed by atoms with Crippen molar-refractivity contribution in [2.45, 2.75) is 85.2 Å². The quantitative estimate of drug-likeness (QED) is 0.467. The molecule has 4 saturated carbocycles. The molecule has 4 aliphatic rings. The van der Waals surface area contributed by atoms with E-state index >= 15 is 0 Å². The van der Waals surface area contributed by atoms with Crippen molar-refractivity contribution in [3.05, 3.63) is 12.2 Å². The molecule has 2 nitrogen and oxygen atoms in total. The summed E-state index contributed by atoms with van der Waals surface area (Å²) in [5, 5.41) is 0. The number of carbonyl (C=O) groups excluding carboxylic acids is 1. The fourth-order valence-corrected chi connectivity index (χ4v) is 8.09. The molecule has 24 heavy (non-hydrogen) atoms. The SMILES string of the molecule is C=C1C[C@@]23CC[C@@H]4C(C)(C)CCC[C@@]4(C)[C@@H]2[C@H](OC(C)=O)C[C@@H]1C3. The van der Waals surface area contributed by atoms with Crippen LogP contribution in [0.4, 0.5) is 0 Å². The summed E-state index contributed by atoms with van der Waals surface area (Å²) in [6.07, 6.45) is 10.3. The van der Waals surface area contributed by atoms with Gasteiger partial charge in [-0.05, 0) is 73.0 Å². The molecule has 1 spiro atoms. The minimum absolute atomic E-state index is 0.0946. The van der Waals surface area contributed by atoms with E-state index in [0.717, 1.165) is 12.3 Å². The van der Waals surface area contributed by atoms with Gasteiger partial charge >= 0.3 is 5.97 Å². The Bertz CT molecular complexity index is 577. The Morgan fingerprint density at radius 1 is 1.21 bits per heavy atom. The van der Waals surface area contributed by atoms with Crippen LogP contribution in [-0.4, -0.2) is 12.1 Å². The minimum atomic E-state index is -0.0946. The number of fused-ring (bicyclic) bond motifs is 3. The van der Waals surface area contributed by atoms with Crippen LogP contribution >= 0.6 is 0 Å². The van der Waals surface area contributed by atoms with Gasteiger partial charge in [-0.3, -0.25) is 4.79 Å². The van der Waals surface area contributed by atoms with E-state index in [1.807, 2.05) is 0 Å². The van der Waals surface area contributed by atoms with Crippen molar-refractivity contribution in [1.82, 2.24) is 0 Å². The van der Waals surface area contributed by atoms with Gasteiger partial charge in [-0.25, -0.2) is 0 Å². The van der Waals surface area contributed by atoms with Crippen molar-refractivity contribution in [2.75, 3.05) is 0 Å². The van der Waals surface area contributed by atoms with Crippen LogP contribution < -0.4 is 0 Å². The van der Waals surface area contributed by atoms with Gasteiger partial charge in [-0.2, -0.15) is 0 Å². The summed E-state index contributed by atoms with van der Waals surface area (Å²) in [6.45, 7) is 13.5. The lowest BCUT2D eigenvalue weighted by molar-refractivity contribution is -0.200. The molecule has 0 N–H and O–H groups in total. The normalized spacial score (nSPS) is 49.2. The molecule has 0 radical (unpaired) electrons. The summed E-state index contributed by atoms with van der Waals surface area (Å²) < 4.78 is 5.99. The Morgan fingerprint density at radius 3 is 2.67 bits per heavy atom. The Morgan fingerprint density at radius 2 is 1.96 bits per heavy atom. The van der Waals surface area contributed by atoms with Crippen LogP contribution in [0.2, 0.25) is 0 Å². The van der Waals surface area contributed by atoms with Crippen molar-refractivity contribution < 1.29 is 9.53 Å². The lowest BCUT2D eigenvalue weighted by Gasteiger charge is -2.65. The average molecular weight is 331 g/mol. The standard InChI is InChI=1S/C22H34O2/c1-14-12-22-10-7-18-20(3,4)8-6-9-21(18,5)19(22)17(24-15(2)23)11-16(14)13-22/h16-19H,1,6-13H2,2-5H3/t16-,17-,18-,19+,21-,22-/m1/s1. The maximum absolute atomic E-state index is 11.8. The number of allylic oxidation sites excluding steroid dienone is 1. The van der Waals surface area contributed by atoms with E-state index in [-0.39, 0.29) is 12.1 Å². The van der Waals surface area contributed by atoms with Gasteiger partial charge in [0.15, 0.2) is 0 Å². The van der Waals surface area contributed by atoms with Crippen LogP contribution in [-0.2, 0) is 9.53 Å². The summed E-state index contributed by atoms with van der Waals surface area (Å²) in [5.41, 5.74) is 2.53. The highest BCUT2D eigenvalue weighted by Crippen LogP contribution is 2.72. The zero-order chi connectivity index (χ0) is 17.3. The molecule has 4 aliphatic carbocycles. The van der Waals surface area contributed by atoms with Crippen molar-refractivity contribution in [2.24, 2.45) is 34.0 Å². The summed E-state index contributed by atoms with van der Waals surface area (Å²) in [5.74, 6) is 1.78. The highest BCUT2D eigenvalue weighted by Gasteiger charge is 2.66. The van der Waals surface area contributed by atoms with E-state index in [0.29, 0.717) is 28.1 Å². The molecule has 0 saturated heterocycles. The van der Waals surface area contributed by atoms with Crippen LogP contribution in [0.15, 0.2) is 12.2 Å². The van der Waals surface area contributed by atoms with Crippen LogP contribution in [0.3, 0.4) is 0 Å². The summed E-state index contributed by atoms with van der Waals surface area (Å²) in [4.78, 5) is 11.8. The summed E-state index contributed by atoms with van der Waals surface area (Å²) in [6, 6.07) is 0. The van der Waals surface area contributed by atoms with E-state index in [1.165, 1.54) is 50.5 Å². The topological polar surface area (TPSA) is 26.3 Å². The van der Waals surface area contributed by atoms with E-state index in [1.54, 1.807) is 6.92 Å². The second kappa shape index (κ2) is 5.11. The first-order valence-corrected chi connectivity index (χ1v) is 10.0. The molecule has 0 aromatic carbocycles. The first-order valence-electron chi connectivity index (χ1n) is 10.0. The number of ether oxygens (including phenoxy) is 1. The van der Waals surface area contributed by atoms with Crippen molar-refractivity contribution >= 4 is 5.97 Å². The Balaban J connectivity index is 1.78. The van der Waals surface area contributed by atoms with Gasteiger partial charge in [0.05, 0.1) is 0 Å². The van der Waals surface area contributed by atoms with E-state index in [9.17, 15) is 4.79 Å². The van der Waals surface area contributed by atoms with Crippen LogP contribution in [0.1, 0.15) is 79.1 Å². The van der Waals surface area contributed by atoms with Crippen molar-refractivity contribution in [3.63, 3.8) is 0 Å². The third-order valence-electron chi connectivity index (χ3n) is 8.59. The van der Waals surface area contributed by atoms with Gasteiger partial charge in [-0.1, -0.05) is 39.3 Å². The lowest BCUT2D eigenvalue weighted by Crippen LogP contribution is -2.60. The second-order valence-corrected chi connectivity index (χ2v) is 10.4. The van der Waals surface area contributed by atoms with Gasteiger partial charge in [0.25, 0.3) is 0 Å². The minimum Gasteiger partial charge on any atom is -0.462 e. The van der Waals surface area contributed by atoms with E-state index in [2.05, 4.69) is 27.4 Å². The Kier molecular flexibility index (Phi) is 3.55. The van der Waals surface area contributed by atoms with Crippen molar-refractivity contribution in [3.8, 4) is 0 Å². The molecule has 4 rings (SSSR count). The van der Waals surface area contributed by atoms with E-state index in [4.69, 9.17) is 4.74 Å². The van der Waals surface area contributed by atoms with Crippen LogP contribution in [0, 0.1) is 34.0 Å². The van der Waals surface area contributed by atoms with E-state index < -0.39 is 0 Å². The van der Waals surface area contributed by atoms with Gasteiger partial charge in [0.2, 0.25) is 0 Å². The van der Waals surface area contributed by atoms with Crippen LogP contribution in [0.5, 0.6) is 0 Å². The van der Waals surface area contributed by atoms with Gasteiger partial charge in [0, 0.05) is 12.8 Å². The predicted molar refractivity (Wildman–Crippen MR) is 96.4 cm³/mol. The summed E-state index contributed by atoms with van der Waals surface area (Å²) >= 11 is 0. The number of hydrogen-bond acceptors (Lipinski definition) is 2. The average Bonchev–Trinajstić information content (AvgIpc) is 2.67. The lowest BCUT2D eigenvalue weighted by atomic mass is 9.40. The number of hydrogen-bond donors (Lipinski definition) is 0. The zero-order valence-corrected chi connectivity index (χ0v) is 16.0.